The van der Waals surface area contributed by atoms with Gasteiger partial charge in [0.15, 0.2) is 5.15 Å². The third-order valence-electron chi connectivity index (χ3n) is 6.51. The molecule has 0 amide bonds. The summed E-state index contributed by atoms with van der Waals surface area (Å²) in [5, 5.41) is 1.04. The molecular formula is C27H27ClFN5O2S. The summed E-state index contributed by atoms with van der Waals surface area (Å²) in [4.78, 5) is 13.6. The first-order chi connectivity index (χ1) is 17.8. The van der Waals surface area contributed by atoms with Crippen LogP contribution in [0.3, 0.4) is 0 Å². The summed E-state index contributed by atoms with van der Waals surface area (Å²) in [5.74, 6) is -0.520. The Kier molecular flexibility index (Phi) is 7.28. The molecule has 4 aromatic rings. The highest BCUT2D eigenvalue weighted by Crippen LogP contribution is 2.33. The van der Waals surface area contributed by atoms with Crippen LogP contribution in [0.4, 0.5) is 15.8 Å². The maximum atomic E-state index is 13.3. The lowest BCUT2D eigenvalue weighted by atomic mass is 10.0. The van der Waals surface area contributed by atoms with Crippen molar-refractivity contribution in [3.05, 3.63) is 78.0 Å². The zero-order chi connectivity index (χ0) is 26.0. The van der Waals surface area contributed by atoms with E-state index in [2.05, 4.69) is 37.5 Å². The van der Waals surface area contributed by atoms with Crippen molar-refractivity contribution >= 4 is 43.9 Å². The molecule has 1 aliphatic rings. The summed E-state index contributed by atoms with van der Waals surface area (Å²) in [5.41, 5.74) is 3.71. The molecule has 0 radical (unpaired) electrons. The quantitative estimate of drug-likeness (QED) is 0.316. The molecule has 2 aromatic carbocycles. The van der Waals surface area contributed by atoms with Gasteiger partial charge in [-0.05, 0) is 67.1 Å². The molecule has 1 aliphatic heterocycles. The number of nitrogens with zero attached hydrogens (tertiary/aromatic N) is 4. The third kappa shape index (κ3) is 5.53. The molecule has 10 heteroatoms. The molecule has 5 rings (SSSR count). The van der Waals surface area contributed by atoms with Gasteiger partial charge in [0.1, 0.15) is 5.82 Å². The number of nitrogens with one attached hydrogen (secondary N) is 1. The van der Waals surface area contributed by atoms with Crippen LogP contribution in [-0.2, 0) is 10.0 Å². The number of sulfonamides is 1. The van der Waals surface area contributed by atoms with E-state index in [0.29, 0.717) is 5.56 Å². The number of rotatable bonds is 7. The normalized spacial score (nSPS) is 14.7. The van der Waals surface area contributed by atoms with Gasteiger partial charge in [0.2, 0.25) is 0 Å². The second kappa shape index (κ2) is 10.6. The fourth-order valence-corrected chi connectivity index (χ4v) is 5.87. The van der Waals surface area contributed by atoms with Crippen molar-refractivity contribution < 1.29 is 12.8 Å². The van der Waals surface area contributed by atoms with Gasteiger partial charge >= 0.3 is 0 Å². The van der Waals surface area contributed by atoms with Crippen molar-refractivity contribution in [2.75, 3.05) is 42.3 Å². The fourth-order valence-electron chi connectivity index (χ4n) is 4.61. The fraction of sp³-hybridized carbons (Fsp3) is 0.259. The Labute approximate surface area is 221 Å². The van der Waals surface area contributed by atoms with Crippen molar-refractivity contribution in [1.29, 1.82) is 0 Å². The standard InChI is InChI=1S/C27H27ClFN5O2S/c1-2-11-33-12-14-34(15-13-33)26-9-10-30-24-8-3-19(16-23(24)26)20-17-25(27(28)31-18-20)32-37(35,36)22-6-4-21(29)5-7-22/h3-10,16-18,32H,2,11-15H2,1H3. The van der Waals surface area contributed by atoms with Crippen LogP contribution in [0, 0.1) is 5.82 Å². The molecule has 3 heterocycles. The molecule has 37 heavy (non-hydrogen) atoms. The summed E-state index contributed by atoms with van der Waals surface area (Å²) in [7, 11) is -3.98. The van der Waals surface area contributed by atoms with E-state index in [0.717, 1.165) is 73.4 Å². The SMILES string of the molecule is CCCN1CCN(c2ccnc3ccc(-c4cnc(Cl)c(NS(=O)(=O)c5ccc(F)cc5)c4)cc23)CC1. The predicted octanol–water partition coefficient (Wildman–Crippen LogP) is 5.42. The number of piperazine rings is 1. The van der Waals surface area contributed by atoms with Crippen molar-refractivity contribution in [2.45, 2.75) is 18.2 Å². The Balaban J connectivity index is 1.46. The molecule has 0 unspecified atom stereocenters. The maximum Gasteiger partial charge on any atom is 0.261 e. The molecule has 0 spiro atoms. The lowest BCUT2D eigenvalue weighted by molar-refractivity contribution is 0.258. The highest BCUT2D eigenvalue weighted by Gasteiger charge is 2.20. The maximum absolute atomic E-state index is 13.3. The third-order valence-corrected chi connectivity index (χ3v) is 8.19. The lowest BCUT2D eigenvalue weighted by Gasteiger charge is -2.36. The van der Waals surface area contributed by atoms with Gasteiger partial charge in [0.05, 0.1) is 16.1 Å². The van der Waals surface area contributed by atoms with Gasteiger partial charge in [0.25, 0.3) is 10.0 Å². The van der Waals surface area contributed by atoms with Crippen LogP contribution in [0.2, 0.25) is 5.15 Å². The lowest BCUT2D eigenvalue weighted by Crippen LogP contribution is -2.46. The van der Waals surface area contributed by atoms with Crippen LogP contribution < -0.4 is 9.62 Å². The molecule has 2 aromatic heterocycles. The van der Waals surface area contributed by atoms with Gasteiger partial charge in [-0.2, -0.15) is 0 Å². The van der Waals surface area contributed by atoms with Crippen molar-refractivity contribution in [1.82, 2.24) is 14.9 Å². The van der Waals surface area contributed by atoms with Gasteiger partial charge in [-0.1, -0.05) is 24.6 Å². The minimum Gasteiger partial charge on any atom is -0.368 e. The van der Waals surface area contributed by atoms with Gasteiger partial charge in [-0.15, -0.1) is 0 Å². The number of aromatic nitrogens is 2. The van der Waals surface area contributed by atoms with Crippen molar-refractivity contribution in [3.63, 3.8) is 0 Å². The van der Waals surface area contributed by atoms with E-state index in [4.69, 9.17) is 11.6 Å². The van der Waals surface area contributed by atoms with Crippen LogP contribution >= 0.6 is 11.6 Å². The van der Waals surface area contributed by atoms with Crippen molar-refractivity contribution in [2.24, 2.45) is 0 Å². The summed E-state index contributed by atoms with van der Waals surface area (Å²) >= 11 is 6.24. The summed E-state index contributed by atoms with van der Waals surface area (Å²) in [6, 6.07) is 14.2. The van der Waals surface area contributed by atoms with Crippen LogP contribution in [-0.4, -0.2) is 56.0 Å². The first-order valence-corrected chi connectivity index (χ1v) is 14.0. The van der Waals surface area contributed by atoms with Gasteiger partial charge in [-0.3, -0.25) is 14.6 Å². The second-order valence-corrected chi connectivity index (χ2v) is 11.1. The van der Waals surface area contributed by atoms with Gasteiger partial charge in [0, 0.05) is 55.2 Å². The van der Waals surface area contributed by atoms with E-state index < -0.39 is 15.8 Å². The molecular weight excluding hydrogens is 513 g/mol. The van der Waals surface area contributed by atoms with E-state index in [1.165, 1.54) is 12.1 Å². The minimum atomic E-state index is -3.98. The van der Waals surface area contributed by atoms with E-state index in [9.17, 15) is 12.8 Å². The zero-order valence-corrected chi connectivity index (χ0v) is 21.9. The van der Waals surface area contributed by atoms with E-state index in [1.54, 1.807) is 12.3 Å². The molecule has 0 bridgehead atoms. The minimum absolute atomic E-state index is 0.0162. The number of halogens is 2. The second-order valence-electron chi connectivity index (χ2n) is 9.01. The molecule has 0 saturated carbocycles. The number of fused-ring (bicyclic) bond motifs is 1. The number of hydrogen-bond acceptors (Lipinski definition) is 6. The van der Waals surface area contributed by atoms with Crippen LogP contribution in [0.15, 0.2) is 71.9 Å². The number of anilines is 2. The van der Waals surface area contributed by atoms with Crippen LogP contribution in [0.25, 0.3) is 22.0 Å². The summed E-state index contributed by atoms with van der Waals surface area (Å²) in [6.07, 6.45) is 4.60. The highest BCUT2D eigenvalue weighted by molar-refractivity contribution is 7.92. The van der Waals surface area contributed by atoms with Gasteiger partial charge in [-0.25, -0.2) is 17.8 Å². The Morgan fingerprint density at radius 2 is 1.73 bits per heavy atom. The smallest absolute Gasteiger partial charge is 0.261 e. The molecule has 1 N–H and O–H groups in total. The van der Waals surface area contributed by atoms with E-state index >= 15 is 0 Å². The summed E-state index contributed by atoms with van der Waals surface area (Å²) < 4.78 is 41.4. The zero-order valence-electron chi connectivity index (χ0n) is 20.4. The van der Waals surface area contributed by atoms with Gasteiger partial charge < -0.3 is 4.90 Å². The predicted molar refractivity (Wildman–Crippen MR) is 146 cm³/mol. The molecule has 7 nitrogen and oxygen atoms in total. The average molecular weight is 540 g/mol. The number of pyridine rings is 2. The topological polar surface area (TPSA) is 78.4 Å². The molecule has 1 saturated heterocycles. The first-order valence-electron chi connectivity index (χ1n) is 12.1. The highest BCUT2D eigenvalue weighted by atomic mass is 35.5. The Bertz CT molecular complexity index is 1520. The molecule has 0 aliphatic carbocycles. The molecule has 1 fully saturated rings. The van der Waals surface area contributed by atoms with E-state index in [-0.39, 0.29) is 15.7 Å². The molecule has 0 atom stereocenters. The number of hydrogen-bond donors (Lipinski definition) is 1. The van der Waals surface area contributed by atoms with Crippen LogP contribution in [0.1, 0.15) is 13.3 Å². The monoisotopic (exact) mass is 539 g/mol. The summed E-state index contributed by atoms with van der Waals surface area (Å²) in [6.45, 7) is 7.26. The van der Waals surface area contributed by atoms with Crippen LogP contribution in [0.5, 0.6) is 0 Å². The first kappa shape index (κ1) is 25.4. The largest absolute Gasteiger partial charge is 0.368 e. The Hall–Kier alpha value is -3.27. The van der Waals surface area contributed by atoms with E-state index in [1.807, 2.05) is 24.4 Å². The average Bonchev–Trinajstić information content (AvgIpc) is 2.90. The molecule has 192 valence electrons. The Morgan fingerprint density at radius 1 is 0.973 bits per heavy atom. The number of benzene rings is 2. The Morgan fingerprint density at radius 3 is 2.46 bits per heavy atom. The van der Waals surface area contributed by atoms with Crippen molar-refractivity contribution in [3.8, 4) is 11.1 Å².